The normalized spacial score (nSPS) is 13.8. The average molecular weight is 218 g/mol. The SMILES string of the molecule is CC(N)C(Cc1cccc(C#N)c1)C(=O)O. The molecule has 0 aromatic heterocycles. The van der Waals surface area contributed by atoms with Crippen LogP contribution >= 0.6 is 0 Å². The second kappa shape index (κ2) is 5.29. The summed E-state index contributed by atoms with van der Waals surface area (Å²) in [5, 5.41) is 17.7. The Morgan fingerprint density at radius 2 is 2.31 bits per heavy atom. The number of carbonyl (C=O) groups is 1. The molecule has 4 nitrogen and oxygen atoms in total. The summed E-state index contributed by atoms with van der Waals surface area (Å²) in [7, 11) is 0. The fourth-order valence-corrected chi connectivity index (χ4v) is 1.52. The number of hydrogen-bond acceptors (Lipinski definition) is 3. The molecule has 0 saturated carbocycles. The second-order valence-electron chi connectivity index (χ2n) is 3.82. The van der Waals surface area contributed by atoms with Crippen LogP contribution in [0.5, 0.6) is 0 Å². The van der Waals surface area contributed by atoms with E-state index in [0.717, 1.165) is 5.56 Å². The van der Waals surface area contributed by atoms with Crippen LogP contribution in [-0.2, 0) is 11.2 Å². The Bertz CT molecular complexity index is 421. The van der Waals surface area contributed by atoms with Gasteiger partial charge in [-0.1, -0.05) is 12.1 Å². The average Bonchev–Trinajstić information content (AvgIpc) is 2.25. The first-order chi connectivity index (χ1) is 7.54. The minimum atomic E-state index is -0.905. The summed E-state index contributed by atoms with van der Waals surface area (Å²) < 4.78 is 0. The van der Waals surface area contributed by atoms with Crippen LogP contribution in [0, 0.1) is 17.2 Å². The Morgan fingerprint density at radius 3 is 2.81 bits per heavy atom. The molecule has 0 aliphatic rings. The number of aliphatic carboxylic acids is 1. The maximum atomic E-state index is 11.0. The number of carboxylic acid groups (broad SMARTS) is 1. The minimum Gasteiger partial charge on any atom is -0.481 e. The summed E-state index contributed by atoms with van der Waals surface area (Å²) >= 11 is 0. The standard InChI is InChI=1S/C12H14N2O2/c1-8(14)11(12(15)16)6-9-3-2-4-10(5-9)7-13/h2-5,8,11H,6,14H2,1H3,(H,15,16). The van der Waals surface area contributed by atoms with Gasteiger partial charge >= 0.3 is 5.97 Å². The van der Waals surface area contributed by atoms with Gasteiger partial charge in [-0.05, 0) is 31.0 Å². The van der Waals surface area contributed by atoms with Crippen molar-refractivity contribution in [2.75, 3.05) is 0 Å². The lowest BCUT2D eigenvalue weighted by Crippen LogP contribution is -2.34. The van der Waals surface area contributed by atoms with Crippen LogP contribution < -0.4 is 5.73 Å². The predicted molar refractivity (Wildman–Crippen MR) is 59.6 cm³/mol. The molecule has 16 heavy (non-hydrogen) atoms. The van der Waals surface area contributed by atoms with E-state index in [2.05, 4.69) is 0 Å². The maximum absolute atomic E-state index is 11.0. The molecular weight excluding hydrogens is 204 g/mol. The molecule has 0 saturated heterocycles. The molecule has 0 bridgehead atoms. The topological polar surface area (TPSA) is 87.1 Å². The lowest BCUT2D eigenvalue weighted by Gasteiger charge is -2.16. The fraction of sp³-hybridized carbons (Fsp3) is 0.333. The number of nitrogens with zero attached hydrogens (tertiary/aromatic N) is 1. The Labute approximate surface area is 94.3 Å². The van der Waals surface area contributed by atoms with Crippen molar-refractivity contribution in [3.8, 4) is 6.07 Å². The largest absolute Gasteiger partial charge is 0.481 e. The summed E-state index contributed by atoms with van der Waals surface area (Å²) in [5.41, 5.74) is 6.97. The van der Waals surface area contributed by atoms with Gasteiger partial charge < -0.3 is 10.8 Å². The predicted octanol–water partition coefficient (Wildman–Crippen LogP) is 1.15. The fourth-order valence-electron chi connectivity index (χ4n) is 1.52. The van der Waals surface area contributed by atoms with E-state index in [4.69, 9.17) is 16.1 Å². The molecule has 0 aliphatic heterocycles. The molecule has 0 fully saturated rings. The van der Waals surface area contributed by atoms with Crippen molar-refractivity contribution in [2.24, 2.45) is 11.7 Å². The van der Waals surface area contributed by atoms with Gasteiger partial charge in [0.15, 0.2) is 0 Å². The van der Waals surface area contributed by atoms with E-state index in [9.17, 15) is 4.79 Å². The van der Waals surface area contributed by atoms with Gasteiger partial charge in [0, 0.05) is 6.04 Å². The van der Waals surface area contributed by atoms with E-state index in [1.165, 1.54) is 0 Å². The van der Waals surface area contributed by atoms with Gasteiger partial charge in [0.2, 0.25) is 0 Å². The van der Waals surface area contributed by atoms with Crippen LogP contribution in [0.1, 0.15) is 18.1 Å². The van der Waals surface area contributed by atoms with Gasteiger partial charge in [0.05, 0.1) is 17.6 Å². The third kappa shape index (κ3) is 3.07. The molecule has 0 aliphatic carbocycles. The highest BCUT2D eigenvalue weighted by atomic mass is 16.4. The van der Waals surface area contributed by atoms with Crippen molar-refractivity contribution >= 4 is 5.97 Å². The molecule has 0 spiro atoms. The number of benzene rings is 1. The molecule has 0 radical (unpaired) electrons. The van der Waals surface area contributed by atoms with Crippen LogP contribution in [-0.4, -0.2) is 17.1 Å². The Morgan fingerprint density at radius 1 is 1.62 bits per heavy atom. The Kier molecular flexibility index (Phi) is 4.03. The maximum Gasteiger partial charge on any atom is 0.308 e. The molecule has 1 rings (SSSR count). The van der Waals surface area contributed by atoms with Crippen LogP contribution in [0.25, 0.3) is 0 Å². The first-order valence-electron chi connectivity index (χ1n) is 5.02. The highest BCUT2D eigenvalue weighted by Gasteiger charge is 2.22. The van der Waals surface area contributed by atoms with Crippen LogP contribution in [0.15, 0.2) is 24.3 Å². The number of nitrogens with two attached hydrogens (primary N) is 1. The summed E-state index contributed by atoms with van der Waals surface area (Å²) in [6.45, 7) is 1.67. The van der Waals surface area contributed by atoms with E-state index >= 15 is 0 Å². The third-order valence-corrected chi connectivity index (χ3v) is 2.46. The molecule has 2 atom stereocenters. The quantitative estimate of drug-likeness (QED) is 0.793. The number of nitriles is 1. The van der Waals surface area contributed by atoms with Crippen LogP contribution in [0.2, 0.25) is 0 Å². The van der Waals surface area contributed by atoms with Crippen LogP contribution in [0.4, 0.5) is 0 Å². The van der Waals surface area contributed by atoms with Gasteiger partial charge in [0.25, 0.3) is 0 Å². The minimum absolute atomic E-state index is 0.350. The van der Waals surface area contributed by atoms with Gasteiger partial charge in [0.1, 0.15) is 0 Å². The van der Waals surface area contributed by atoms with E-state index < -0.39 is 17.9 Å². The summed E-state index contributed by atoms with van der Waals surface area (Å²) in [6, 6.07) is 8.53. The zero-order valence-corrected chi connectivity index (χ0v) is 9.05. The van der Waals surface area contributed by atoms with Crippen molar-refractivity contribution < 1.29 is 9.90 Å². The zero-order valence-electron chi connectivity index (χ0n) is 9.05. The van der Waals surface area contributed by atoms with Gasteiger partial charge in [-0.25, -0.2) is 0 Å². The molecule has 1 aromatic carbocycles. The number of carboxylic acids is 1. The number of rotatable bonds is 4. The summed E-state index contributed by atoms with van der Waals surface area (Å²) in [6.07, 6.45) is 0.350. The van der Waals surface area contributed by atoms with E-state index in [0.29, 0.717) is 12.0 Å². The molecular formula is C12H14N2O2. The Balaban J connectivity index is 2.86. The van der Waals surface area contributed by atoms with E-state index in [1.54, 1.807) is 31.2 Å². The highest BCUT2D eigenvalue weighted by molar-refractivity contribution is 5.71. The monoisotopic (exact) mass is 218 g/mol. The van der Waals surface area contributed by atoms with E-state index in [1.807, 2.05) is 6.07 Å². The second-order valence-corrected chi connectivity index (χ2v) is 3.82. The van der Waals surface area contributed by atoms with Gasteiger partial charge in [-0.3, -0.25) is 4.79 Å². The molecule has 0 amide bonds. The lowest BCUT2D eigenvalue weighted by atomic mass is 9.93. The van der Waals surface area contributed by atoms with Gasteiger partial charge in [-0.15, -0.1) is 0 Å². The zero-order chi connectivity index (χ0) is 12.1. The third-order valence-electron chi connectivity index (χ3n) is 2.46. The van der Waals surface area contributed by atoms with Crippen molar-refractivity contribution in [3.63, 3.8) is 0 Å². The van der Waals surface area contributed by atoms with Crippen molar-refractivity contribution in [1.29, 1.82) is 5.26 Å². The molecule has 3 N–H and O–H groups in total. The molecule has 4 heteroatoms. The molecule has 0 heterocycles. The lowest BCUT2D eigenvalue weighted by molar-refractivity contribution is -0.142. The van der Waals surface area contributed by atoms with E-state index in [-0.39, 0.29) is 0 Å². The molecule has 2 unspecified atom stereocenters. The van der Waals surface area contributed by atoms with Crippen molar-refractivity contribution in [1.82, 2.24) is 0 Å². The van der Waals surface area contributed by atoms with Crippen molar-refractivity contribution in [3.05, 3.63) is 35.4 Å². The highest BCUT2D eigenvalue weighted by Crippen LogP contribution is 2.13. The Hall–Kier alpha value is -1.86. The van der Waals surface area contributed by atoms with Crippen molar-refractivity contribution in [2.45, 2.75) is 19.4 Å². The smallest absolute Gasteiger partial charge is 0.308 e. The van der Waals surface area contributed by atoms with Gasteiger partial charge in [-0.2, -0.15) is 5.26 Å². The molecule has 84 valence electrons. The number of hydrogen-bond donors (Lipinski definition) is 2. The first-order valence-corrected chi connectivity index (χ1v) is 5.02. The first kappa shape index (κ1) is 12.2. The van der Waals surface area contributed by atoms with Crippen LogP contribution in [0.3, 0.4) is 0 Å². The summed E-state index contributed by atoms with van der Waals surface area (Å²) in [4.78, 5) is 11.0. The molecule has 1 aromatic rings. The summed E-state index contributed by atoms with van der Waals surface area (Å²) in [5.74, 6) is -1.52.